The number of carbonyl (C=O) groups excluding carboxylic acids is 1. The minimum absolute atomic E-state index is 0.0724. The molecule has 0 aromatic heterocycles. The van der Waals surface area contributed by atoms with Crippen molar-refractivity contribution in [1.82, 2.24) is 0 Å². The van der Waals surface area contributed by atoms with Gasteiger partial charge in [0.2, 0.25) is 0 Å². The topological polar surface area (TPSA) is 38.8 Å². The number of methoxy groups -OCH3 is 2. The first-order chi connectivity index (χ1) is 10.7. The summed E-state index contributed by atoms with van der Waals surface area (Å²) in [6.07, 6.45) is 0.854. The molecule has 0 fully saturated rings. The second-order valence-electron chi connectivity index (χ2n) is 5.02. The highest BCUT2D eigenvalue weighted by Gasteiger charge is 2.28. The minimum Gasteiger partial charge on any atom is -0.493 e. The van der Waals surface area contributed by atoms with E-state index in [9.17, 15) is 4.79 Å². The van der Waals surface area contributed by atoms with Crippen LogP contribution < -0.4 is 14.4 Å². The van der Waals surface area contributed by atoms with Gasteiger partial charge >= 0.3 is 0 Å². The Morgan fingerprint density at radius 3 is 2.73 bits per heavy atom. The Labute approximate surface area is 137 Å². The van der Waals surface area contributed by atoms with Crippen molar-refractivity contribution in [2.24, 2.45) is 0 Å². The Balaban J connectivity index is 2.00. The maximum Gasteiger partial charge on any atom is 0.262 e. The number of hydrogen-bond acceptors (Lipinski definition) is 3. The van der Waals surface area contributed by atoms with Gasteiger partial charge in [0.1, 0.15) is 0 Å². The Hall–Kier alpha value is -2.01. The molecule has 0 saturated carbocycles. The van der Waals surface area contributed by atoms with Gasteiger partial charge in [-0.05, 0) is 42.3 Å². The molecule has 0 radical (unpaired) electrons. The molecule has 2 aromatic rings. The van der Waals surface area contributed by atoms with Gasteiger partial charge in [0.05, 0.1) is 19.8 Å². The number of fused-ring (bicyclic) bond motifs is 1. The maximum atomic E-state index is 12.9. The van der Waals surface area contributed by atoms with E-state index in [0.717, 1.165) is 16.6 Å². The lowest BCUT2D eigenvalue weighted by Crippen LogP contribution is -2.29. The summed E-state index contributed by atoms with van der Waals surface area (Å²) in [5, 5.41) is 0. The predicted molar refractivity (Wildman–Crippen MR) is 89.1 cm³/mol. The van der Waals surface area contributed by atoms with Crippen LogP contribution in [-0.4, -0.2) is 26.7 Å². The summed E-state index contributed by atoms with van der Waals surface area (Å²) < 4.78 is 11.7. The maximum absolute atomic E-state index is 12.9. The van der Waals surface area contributed by atoms with E-state index in [-0.39, 0.29) is 5.91 Å². The number of hydrogen-bond donors (Lipinski definition) is 0. The summed E-state index contributed by atoms with van der Waals surface area (Å²) in [5.41, 5.74) is 2.64. The van der Waals surface area contributed by atoms with Crippen LogP contribution >= 0.6 is 15.9 Å². The van der Waals surface area contributed by atoms with E-state index in [1.807, 2.05) is 12.1 Å². The fourth-order valence-electron chi connectivity index (χ4n) is 2.78. The van der Waals surface area contributed by atoms with Gasteiger partial charge in [-0.25, -0.2) is 0 Å². The number of amides is 1. The van der Waals surface area contributed by atoms with Crippen molar-refractivity contribution in [2.45, 2.75) is 6.42 Å². The summed E-state index contributed by atoms with van der Waals surface area (Å²) in [5.74, 6) is 0.959. The van der Waals surface area contributed by atoms with Crippen molar-refractivity contribution in [3.8, 4) is 11.5 Å². The first-order valence-corrected chi connectivity index (χ1v) is 7.76. The second kappa shape index (κ2) is 6.01. The zero-order chi connectivity index (χ0) is 15.7. The number of anilines is 1. The molecule has 4 nitrogen and oxygen atoms in total. The van der Waals surface area contributed by atoms with Gasteiger partial charge in [-0.15, -0.1) is 0 Å². The lowest BCUT2D eigenvalue weighted by atomic mass is 10.1. The molecule has 1 aliphatic rings. The monoisotopic (exact) mass is 361 g/mol. The van der Waals surface area contributed by atoms with Crippen LogP contribution in [0, 0.1) is 0 Å². The van der Waals surface area contributed by atoms with Crippen LogP contribution in [0.25, 0.3) is 0 Å². The van der Waals surface area contributed by atoms with E-state index >= 15 is 0 Å². The normalized spacial score (nSPS) is 13.0. The van der Waals surface area contributed by atoms with Crippen molar-refractivity contribution in [3.63, 3.8) is 0 Å². The van der Waals surface area contributed by atoms with Crippen molar-refractivity contribution in [2.75, 3.05) is 25.7 Å². The molecule has 0 N–H and O–H groups in total. The molecule has 1 amide bonds. The summed E-state index contributed by atoms with van der Waals surface area (Å²) >= 11 is 3.47. The van der Waals surface area contributed by atoms with Crippen LogP contribution in [0.1, 0.15) is 15.9 Å². The highest BCUT2D eigenvalue weighted by atomic mass is 79.9. The number of carbonyl (C=O) groups is 1. The van der Waals surface area contributed by atoms with Gasteiger partial charge in [-0.1, -0.05) is 22.0 Å². The number of benzene rings is 2. The molecule has 0 bridgehead atoms. The fraction of sp³-hybridized carbons (Fsp3) is 0.235. The van der Waals surface area contributed by atoms with Crippen molar-refractivity contribution in [1.29, 1.82) is 0 Å². The third-order valence-electron chi connectivity index (χ3n) is 3.82. The first kappa shape index (κ1) is 14.9. The highest BCUT2D eigenvalue weighted by molar-refractivity contribution is 9.10. The summed E-state index contributed by atoms with van der Waals surface area (Å²) in [7, 11) is 3.11. The molecule has 0 saturated heterocycles. The number of nitrogens with zero attached hydrogens (tertiary/aromatic N) is 1. The quantitative estimate of drug-likeness (QED) is 0.836. The molecule has 0 aliphatic carbocycles. The van der Waals surface area contributed by atoms with Crippen LogP contribution in [0.3, 0.4) is 0 Å². The summed E-state index contributed by atoms with van der Waals surface area (Å²) in [6, 6.07) is 11.3. The van der Waals surface area contributed by atoms with Gasteiger partial charge in [0.25, 0.3) is 5.91 Å². The third-order valence-corrected chi connectivity index (χ3v) is 4.31. The average molecular weight is 362 g/mol. The first-order valence-electron chi connectivity index (χ1n) is 6.97. The number of halogens is 1. The van der Waals surface area contributed by atoms with Crippen LogP contribution in [0.2, 0.25) is 0 Å². The Morgan fingerprint density at radius 1 is 1.18 bits per heavy atom. The van der Waals surface area contributed by atoms with Gasteiger partial charge in [0.15, 0.2) is 11.5 Å². The Morgan fingerprint density at radius 2 is 2.00 bits per heavy atom. The minimum atomic E-state index is -0.0724. The van der Waals surface area contributed by atoms with E-state index in [4.69, 9.17) is 9.47 Å². The Bertz CT molecular complexity index is 730. The lowest BCUT2D eigenvalue weighted by molar-refractivity contribution is 0.0986. The average Bonchev–Trinajstić information content (AvgIpc) is 2.96. The lowest BCUT2D eigenvalue weighted by Gasteiger charge is -2.20. The molecule has 1 heterocycles. The summed E-state index contributed by atoms with van der Waals surface area (Å²) in [4.78, 5) is 14.7. The molecule has 0 atom stereocenters. The van der Waals surface area contributed by atoms with E-state index < -0.39 is 0 Å². The smallest absolute Gasteiger partial charge is 0.262 e. The molecular weight excluding hydrogens is 346 g/mol. The zero-order valence-corrected chi connectivity index (χ0v) is 14.0. The van der Waals surface area contributed by atoms with Gasteiger partial charge in [-0.3, -0.25) is 4.79 Å². The zero-order valence-electron chi connectivity index (χ0n) is 12.4. The molecule has 22 heavy (non-hydrogen) atoms. The SMILES string of the molecule is COc1cccc(C(=O)N2CCc3cc(Br)ccc32)c1OC. The van der Waals surface area contributed by atoms with Crippen LogP contribution in [0.4, 0.5) is 5.69 Å². The van der Waals surface area contributed by atoms with Crippen molar-refractivity contribution < 1.29 is 14.3 Å². The van der Waals surface area contributed by atoms with Crippen LogP contribution in [0.15, 0.2) is 40.9 Å². The third kappa shape index (κ3) is 2.46. The van der Waals surface area contributed by atoms with Crippen LogP contribution in [-0.2, 0) is 6.42 Å². The van der Waals surface area contributed by atoms with Gasteiger partial charge < -0.3 is 14.4 Å². The van der Waals surface area contributed by atoms with E-state index in [1.54, 1.807) is 37.3 Å². The number of rotatable bonds is 3. The van der Waals surface area contributed by atoms with Crippen LogP contribution in [0.5, 0.6) is 11.5 Å². The number of ether oxygens (including phenoxy) is 2. The predicted octanol–water partition coefficient (Wildman–Crippen LogP) is 3.67. The Kier molecular flexibility index (Phi) is 4.07. The molecule has 5 heteroatoms. The summed E-state index contributed by atoms with van der Waals surface area (Å²) in [6.45, 7) is 0.672. The van der Waals surface area contributed by atoms with E-state index in [2.05, 4.69) is 22.0 Å². The molecule has 1 aliphatic heterocycles. The standard InChI is InChI=1S/C17H16BrNO3/c1-21-15-5-3-4-13(16(15)22-2)17(20)19-9-8-11-10-12(18)6-7-14(11)19/h3-7,10H,8-9H2,1-2H3. The molecule has 2 aromatic carbocycles. The van der Waals surface area contributed by atoms with E-state index in [0.29, 0.717) is 23.6 Å². The van der Waals surface area contributed by atoms with Gasteiger partial charge in [0, 0.05) is 16.7 Å². The van der Waals surface area contributed by atoms with Crippen molar-refractivity contribution >= 4 is 27.5 Å². The molecule has 114 valence electrons. The van der Waals surface area contributed by atoms with Gasteiger partial charge in [-0.2, -0.15) is 0 Å². The molecular formula is C17H16BrNO3. The van der Waals surface area contributed by atoms with E-state index in [1.165, 1.54) is 5.56 Å². The molecule has 0 unspecified atom stereocenters. The molecule has 3 rings (SSSR count). The second-order valence-corrected chi connectivity index (χ2v) is 5.94. The highest BCUT2D eigenvalue weighted by Crippen LogP contribution is 2.36. The van der Waals surface area contributed by atoms with Crippen molar-refractivity contribution in [3.05, 3.63) is 52.0 Å². The fourth-order valence-corrected chi connectivity index (χ4v) is 3.19. The largest absolute Gasteiger partial charge is 0.493 e. The molecule has 0 spiro atoms. The number of para-hydroxylation sites is 1.